The number of amides is 1. The van der Waals surface area contributed by atoms with Crippen molar-refractivity contribution in [2.24, 2.45) is 0 Å². The Balaban J connectivity index is 0. The zero-order valence-electron chi connectivity index (χ0n) is 13.0. The first-order valence-corrected chi connectivity index (χ1v) is 6.59. The Morgan fingerprint density at radius 3 is 1.56 bits per heavy atom. The molecule has 6 atom stereocenters. The second-order valence-electron chi connectivity index (χ2n) is 4.66. The van der Waals surface area contributed by atoms with Gasteiger partial charge in [-0.25, -0.2) is 9.59 Å². The minimum Gasteiger partial charge on any atom is -0.479 e. The van der Waals surface area contributed by atoms with Crippen molar-refractivity contribution < 1.29 is 60.0 Å². The monoisotopic (exact) mass is 371 g/mol. The molecule has 0 heterocycles. The molecule has 0 radical (unpaired) electrons. The van der Waals surface area contributed by atoms with Gasteiger partial charge in [-0.2, -0.15) is 0 Å². The predicted octanol–water partition coefficient (Wildman–Crippen LogP) is -5.36. The van der Waals surface area contributed by atoms with Crippen molar-refractivity contribution in [3.8, 4) is 0 Å². The summed E-state index contributed by atoms with van der Waals surface area (Å²) in [7, 11) is 0. The third-order valence-corrected chi connectivity index (χ3v) is 2.62. The molecule has 1 amide bonds. The second-order valence-corrected chi connectivity index (χ2v) is 4.66. The fourth-order valence-electron chi connectivity index (χ4n) is 1.25. The number of nitrogens with one attached hydrogen (secondary N) is 1. The highest BCUT2D eigenvalue weighted by Gasteiger charge is 2.31. The van der Waals surface area contributed by atoms with E-state index in [1.54, 1.807) is 0 Å². The maximum absolute atomic E-state index is 10.6. The molecule has 13 nitrogen and oxygen atoms in total. The van der Waals surface area contributed by atoms with Crippen LogP contribution in [0.5, 0.6) is 0 Å². The van der Waals surface area contributed by atoms with Gasteiger partial charge in [-0.15, -0.1) is 0 Å². The van der Waals surface area contributed by atoms with E-state index in [0.717, 1.165) is 6.92 Å². The molecule has 0 aliphatic heterocycles. The molecule has 0 saturated carbocycles. The van der Waals surface area contributed by atoms with Crippen molar-refractivity contribution in [3.05, 3.63) is 0 Å². The summed E-state index contributed by atoms with van der Waals surface area (Å²) in [6.07, 6.45) is -9.25. The highest BCUT2D eigenvalue weighted by atomic mass is 16.4. The number of hydrogen-bond donors (Lipinski definition) is 9. The molecular formula is C12H21NO12. The molecule has 0 aromatic rings. The molecule has 0 saturated heterocycles. The largest absolute Gasteiger partial charge is 0.479 e. The van der Waals surface area contributed by atoms with E-state index < -0.39 is 61.0 Å². The summed E-state index contributed by atoms with van der Waals surface area (Å²) in [6.45, 7) is 0.377. The van der Waals surface area contributed by atoms with Crippen molar-refractivity contribution >= 4 is 24.1 Å². The zero-order chi connectivity index (χ0) is 20.3. The molecule has 146 valence electrons. The molecule has 0 bridgehead atoms. The van der Waals surface area contributed by atoms with Gasteiger partial charge in [0.05, 0.1) is 6.61 Å². The topological polar surface area (TPSA) is 242 Å². The van der Waals surface area contributed by atoms with Gasteiger partial charge in [0.1, 0.15) is 30.6 Å². The van der Waals surface area contributed by atoms with E-state index in [2.05, 4.69) is 5.32 Å². The lowest BCUT2D eigenvalue weighted by Gasteiger charge is -2.25. The molecule has 0 aromatic carbocycles. The Bertz CT molecular complexity index is 437. The molecular weight excluding hydrogens is 350 g/mol. The number of aliphatic hydroxyl groups is 6. The third kappa shape index (κ3) is 9.65. The van der Waals surface area contributed by atoms with Crippen LogP contribution in [0.25, 0.3) is 0 Å². The van der Waals surface area contributed by atoms with Crippen LogP contribution in [0.1, 0.15) is 6.92 Å². The first-order chi connectivity index (χ1) is 11.4. The Kier molecular flexibility index (Phi) is 12.3. The maximum atomic E-state index is 10.6. The molecule has 13 heteroatoms. The minimum absolute atomic E-state index is 0.235. The summed E-state index contributed by atoms with van der Waals surface area (Å²) in [5.41, 5.74) is 0. The van der Waals surface area contributed by atoms with Crippen molar-refractivity contribution in [1.82, 2.24) is 5.32 Å². The van der Waals surface area contributed by atoms with Crippen molar-refractivity contribution in [3.63, 3.8) is 0 Å². The average Bonchev–Trinajstić information content (AvgIpc) is 2.56. The molecule has 25 heavy (non-hydrogen) atoms. The summed E-state index contributed by atoms with van der Waals surface area (Å²) in [6, 6.07) is -1.32. The highest BCUT2D eigenvalue weighted by Crippen LogP contribution is 2.03. The standard InChI is InChI=1S/C8H15NO6.C4H6O6/c1-4(12)9-5(2-10)7(14)8(15)6(13)3-11;5-1(3(7)8)2(6)4(9)10/h2,5-8,11,13-15H,3H2,1H3,(H,9,12);1-2,5-6H,(H,7,8)(H,9,10)/t5-,6+,7+,8-;/m0./s1. The van der Waals surface area contributed by atoms with Crippen LogP contribution in [-0.4, -0.2) is 108 Å². The lowest BCUT2D eigenvalue weighted by atomic mass is 10.0. The van der Waals surface area contributed by atoms with Crippen LogP contribution >= 0.6 is 0 Å². The molecule has 2 unspecified atom stereocenters. The van der Waals surface area contributed by atoms with E-state index >= 15 is 0 Å². The Morgan fingerprint density at radius 1 is 0.920 bits per heavy atom. The SMILES string of the molecule is CC(=O)N[C@@H](C=O)[C@@H](O)[C@@H](O)[C@H](O)CO.O=C(O)C(O)C(O)C(=O)O. The van der Waals surface area contributed by atoms with Gasteiger partial charge >= 0.3 is 11.9 Å². The van der Waals surface area contributed by atoms with Gasteiger partial charge in [0.25, 0.3) is 0 Å². The van der Waals surface area contributed by atoms with E-state index in [4.69, 9.17) is 30.6 Å². The summed E-state index contributed by atoms with van der Waals surface area (Å²) in [5.74, 6) is -4.10. The van der Waals surface area contributed by atoms with Crippen molar-refractivity contribution in [2.45, 2.75) is 43.5 Å². The average molecular weight is 371 g/mol. The number of carbonyl (C=O) groups is 4. The number of aldehydes is 1. The summed E-state index contributed by atoms with van der Waals surface area (Å²) >= 11 is 0. The van der Waals surface area contributed by atoms with E-state index in [0.29, 0.717) is 0 Å². The van der Waals surface area contributed by atoms with Crippen LogP contribution in [0.4, 0.5) is 0 Å². The third-order valence-electron chi connectivity index (χ3n) is 2.62. The zero-order valence-corrected chi connectivity index (χ0v) is 13.0. The first-order valence-electron chi connectivity index (χ1n) is 6.59. The fourth-order valence-corrected chi connectivity index (χ4v) is 1.25. The van der Waals surface area contributed by atoms with Crippen molar-refractivity contribution in [1.29, 1.82) is 0 Å². The van der Waals surface area contributed by atoms with Crippen LogP contribution in [-0.2, 0) is 19.2 Å². The highest BCUT2D eigenvalue weighted by molar-refractivity contribution is 5.83. The number of aliphatic carboxylic acids is 2. The molecule has 0 rings (SSSR count). The van der Waals surface area contributed by atoms with Gasteiger partial charge in [-0.05, 0) is 0 Å². The van der Waals surface area contributed by atoms with Gasteiger partial charge < -0.3 is 51.0 Å². The van der Waals surface area contributed by atoms with E-state index in [1.165, 1.54) is 0 Å². The molecule has 0 fully saturated rings. The number of hydrogen-bond acceptors (Lipinski definition) is 10. The van der Waals surface area contributed by atoms with Crippen LogP contribution < -0.4 is 5.32 Å². The number of aliphatic hydroxyl groups excluding tert-OH is 6. The van der Waals surface area contributed by atoms with Gasteiger partial charge in [-0.3, -0.25) is 4.79 Å². The van der Waals surface area contributed by atoms with Gasteiger partial charge in [0, 0.05) is 6.92 Å². The Hall–Kier alpha value is -2.16. The molecule has 0 aliphatic rings. The maximum Gasteiger partial charge on any atom is 0.335 e. The molecule has 0 aromatic heterocycles. The lowest BCUT2D eigenvalue weighted by molar-refractivity contribution is -0.165. The van der Waals surface area contributed by atoms with Gasteiger partial charge in [-0.1, -0.05) is 0 Å². The smallest absolute Gasteiger partial charge is 0.335 e. The van der Waals surface area contributed by atoms with Crippen molar-refractivity contribution in [2.75, 3.05) is 6.61 Å². The lowest BCUT2D eigenvalue weighted by Crippen LogP contribution is -2.53. The fraction of sp³-hybridized carbons (Fsp3) is 0.667. The Labute approximate surface area is 140 Å². The van der Waals surface area contributed by atoms with Crippen LogP contribution in [0, 0.1) is 0 Å². The Morgan fingerprint density at radius 2 is 1.32 bits per heavy atom. The summed E-state index contributed by atoms with van der Waals surface area (Å²) in [5, 5.41) is 70.7. The second kappa shape index (κ2) is 12.2. The quantitative estimate of drug-likeness (QED) is 0.172. The first kappa shape index (κ1) is 25.1. The van der Waals surface area contributed by atoms with E-state index in [1.807, 2.05) is 0 Å². The molecule has 9 N–H and O–H groups in total. The van der Waals surface area contributed by atoms with Crippen LogP contribution in [0.3, 0.4) is 0 Å². The summed E-state index contributed by atoms with van der Waals surface area (Å²) < 4.78 is 0. The number of carbonyl (C=O) groups excluding carboxylic acids is 2. The summed E-state index contributed by atoms with van der Waals surface area (Å²) in [4.78, 5) is 40.6. The molecule has 0 aliphatic carbocycles. The van der Waals surface area contributed by atoms with Crippen LogP contribution in [0.15, 0.2) is 0 Å². The van der Waals surface area contributed by atoms with Gasteiger partial charge in [0.2, 0.25) is 5.91 Å². The van der Waals surface area contributed by atoms with Gasteiger partial charge in [0.15, 0.2) is 12.2 Å². The predicted molar refractivity (Wildman–Crippen MR) is 76.1 cm³/mol. The van der Waals surface area contributed by atoms with Crippen LogP contribution in [0.2, 0.25) is 0 Å². The number of rotatable bonds is 9. The molecule has 0 spiro atoms. The minimum atomic E-state index is -2.27. The number of carboxylic acid groups (broad SMARTS) is 2. The van der Waals surface area contributed by atoms with E-state index in [-0.39, 0.29) is 6.29 Å². The van der Waals surface area contributed by atoms with E-state index in [9.17, 15) is 29.4 Å². The number of carboxylic acids is 2. The normalized spacial score (nSPS) is 17.6.